The second-order valence-electron chi connectivity index (χ2n) is 3.57. The largest absolute Gasteiger partial charge is 0.342 e. The second-order valence-corrected chi connectivity index (χ2v) is 3.57. The van der Waals surface area contributed by atoms with Gasteiger partial charge in [-0.2, -0.15) is 0 Å². The molecule has 1 aromatic carbocycles. The number of fused-ring (bicyclic) bond motifs is 1. The normalized spacial score (nSPS) is 13.4. The molecule has 74 valence electrons. The molecule has 0 radical (unpaired) electrons. The van der Waals surface area contributed by atoms with E-state index in [4.69, 9.17) is 5.73 Å². The van der Waals surface area contributed by atoms with E-state index >= 15 is 0 Å². The van der Waals surface area contributed by atoms with Crippen LogP contribution >= 0.6 is 0 Å². The number of H-pyrrole nitrogens is 1. The number of nitrogens with zero attached hydrogens (tertiary/aromatic N) is 1. The first-order valence-electron chi connectivity index (χ1n) is 4.95. The minimum atomic E-state index is 0.0340. The summed E-state index contributed by atoms with van der Waals surface area (Å²) in [6, 6.07) is 6.12. The Hall–Kier alpha value is -1.35. The summed E-state index contributed by atoms with van der Waals surface area (Å²) in [6.45, 7) is 4.07. The number of nitrogens with two attached hydrogens (primary N) is 1. The van der Waals surface area contributed by atoms with Gasteiger partial charge in [-0.05, 0) is 18.6 Å². The van der Waals surface area contributed by atoms with Crippen LogP contribution < -0.4 is 5.73 Å². The Balaban J connectivity index is 2.66. The molecule has 0 aliphatic heterocycles. The van der Waals surface area contributed by atoms with Crippen molar-refractivity contribution in [1.82, 2.24) is 9.97 Å². The van der Waals surface area contributed by atoms with Crippen LogP contribution in [-0.4, -0.2) is 9.97 Å². The van der Waals surface area contributed by atoms with Crippen LogP contribution in [0.4, 0.5) is 0 Å². The molecule has 1 heterocycles. The average molecular weight is 189 g/mol. The fourth-order valence-corrected chi connectivity index (χ4v) is 1.64. The summed E-state index contributed by atoms with van der Waals surface area (Å²) >= 11 is 0. The van der Waals surface area contributed by atoms with Crippen LogP contribution in [0.3, 0.4) is 0 Å². The number of imidazole rings is 1. The van der Waals surface area contributed by atoms with Crippen molar-refractivity contribution < 1.29 is 0 Å². The number of hydrogen-bond donors (Lipinski definition) is 2. The van der Waals surface area contributed by atoms with Gasteiger partial charge in [-0.25, -0.2) is 4.98 Å². The Bertz CT molecular complexity index is 443. The van der Waals surface area contributed by atoms with Crippen molar-refractivity contribution in [3.05, 3.63) is 29.6 Å². The average Bonchev–Trinajstić information content (AvgIpc) is 2.59. The Labute approximate surface area is 83.3 Å². The third-order valence-electron chi connectivity index (χ3n) is 2.42. The van der Waals surface area contributed by atoms with Gasteiger partial charge >= 0.3 is 0 Å². The Morgan fingerprint density at radius 2 is 2.29 bits per heavy atom. The van der Waals surface area contributed by atoms with Crippen LogP contribution in [0.1, 0.15) is 31.3 Å². The Kier molecular flexibility index (Phi) is 2.25. The molecule has 2 aromatic rings. The number of nitrogens with one attached hydrogen (secondary N) is 1. The van der Waals surface area contributed by atoms with Gasteiger partial charge in [0, 0.05) is 12.5 Å². The molecular formula is C11H15N3. The van der Waals surface area contributed by atoms with Crippen LogP contribution in [0.15, 0.2) is 18.2 Å². The van der Waals surface area contributed by atoms with Crippen molar-refractivity contribution in [1.29, 1.82) is 0 Å². The van der Waals surface area contributed by atoms with Crippen LogP contribution in [-0.2, 0) is 6.42 Å². The third kappa shape index (κ3) is 1.40. The van der Waals surface area contributed by atoms with E-state index in [1.165, 1.54) is 0 Å². The standard InChI is InChI=1S/C11H15N3/c1-3-10-13-9-6-4-5-8(7(2)12)11(9)14-10/h4-7H,3,12H2,1-2H3,(H,13,14). The maximum atomic E-state index is 5.88. The molecule has 1 atom stereocenters. The summed E-state index contributed by atoms with van der Waals surface area (Å²) in [5, 5.41) is 0. The van der Waals surface area contributed by atoms with Gasteiger partial charge in [0.1, 0.15) is 5.82 Å². The Morgan fingerprint density at radius 1 is 1.50 bits per heavy atom. The van der Waals surface area contributed by atoms with Crippen molar-refractivity contribution in [3.8, 4) is 0 Å². The van der Waals surface area contributed by atoms with Crippen molar-refractivity contribution in [2.45, 2.75) is 26.3 Å². The molecule has 0 fully saturated rings. The highest BCUT2D eigenvalue weighted by molar-refractivity contribution is 5.79. The molecule has 0 aliphatic carbocycles. The molecule has 3 N–H and O–H groups in total. The molecule has 14 heavy (non-hydrogen) atoms. The van der Waals surface area contributed by atoms with Gasteiger partial charge in [-0.3, -0.25) is 0 Å². The fraction of sp³-hybridized carbons (Fsp3) is 0.364. The first kappa shape index (κ1) is 9.21. The van der Waals surface area contributed by atoms with E-state index < -0.39 is 0 Å². The van der Waals surface area contributed by atoms with E-state index in [0.29, 0.717) is 0 Å². The lowest BCUT2D eigenvalue weighted by Crippen LogP contribution is -2.05. The predicted molar refractivity (Wildman–Crippen MR) is 58.1 cm³/mol. The van der Waals surface area contributed by atoms with Crippen LogP contribution in [0.5, 0.6) is 0 Å². The van der Waals surface area contributed by atoms with Crippen LogP contribution in [0.2, 0.25) is 0 Å². The van der Waals surface area contributed by atoms with Gasteiger partial charge in [-0.1, -0.05) is 19.1 Å². The van der Waals surface area contributed by atoms with Crippen molar-refractivity contribution >= 4 is 11.0 Å². The second kappa shape index (κ2) is 3.42. The monoisotopic (exact) mass is 189 g/mol. The summed E-state index contributed by atoms with van der Waals surface area (Å²) in [5.41, 5.74) is 9.08. The van der Waals surface area contributed by atoms with Crippen molar-refractivity contribution in [2.75, 3.05) is 0 Å². The van der Waals surface area contributed by atoms with Crippen LogP contribution in [0.25, 0.3) is 11.0 Å². The topological polar surface area (TPSA) is 54.7 Å². The van der Waals surface area contributed by atoms with E-state index in [1.54, 1.807) is 0 Å². The zero-order chi connectivity index (χ0) is 10.1. The van der Waals surface area contributed by atoms with Gasteiger partial charge in [0.2, 0.25) is 0 Å². The number of aromatic amines is 1. The van der Waals surface area contributed by atoms with E-state index in [1.807, 2.05) is 25.1 Å². The molecule has 0 bridgehead atoms. The summed E-state index contributed by atoms with van der Waals surface area (Å²) in [6.07, 6.45) is 0.924. The first-order valence-corrected chi connectivity index (χ1v) is 4.95. The summed E-state index contributed by atoms with van der Waals surface area (Å²) in [5.74, 6) is 1.02. The molecule has 0 aliphatic rings. The Morgan fingerprint density at radius 3 is 2.93 bits per heavy atom. The fourth-order valence-electron chi connectivity index (χ4n) is 1.64. The zero-order valence-electron chi connectivity index (χ0n) is 8.54. The quantitative estimate of drug-likeness (QED) is 0.760. The molecule has 0 saturated carbocycles. The SMILES string of the molecule is CCc1nc2c(C(C)N)cccc2[nH]1. The molecule has 1 aromatic heterocycles. The number of aromatic nitrogens is 2. The van der Waals surface area contributed by atoms with Gasteiger partial charge < -0.3 is 10.7 Å². The van der Waals surface area contributed by atoms with Gasteiger partial charge in [0.15, 0.2) is 0 Å². The number of benzene rings is 1. The molecule has 0 saturated heterocycles. The molecule has 0 amide bonds. The highest BCUT2D eigenvalue weighted by Crippen LogP contribution is 2.20. The third-order valence-corrected chi connectivity index (χ3v) is 2.42. The summed E-state index contributed by atoms with van der Waals surface area (Å²) in [7, 11) is 0. The zero-order valence-corrected chi connectivity index (χ0v) is 8.54. The number of aryl methyl sites for hydroxylation is 1. The van der Waals surface area contributed by atoms with Crippen molar-refractivity contribution in [3.63, 3.8) is 0 Å². The number of para-hydroxylation sites is 1. The van der Waals surface area contributed by atoms with E-state index in [2.05, 4.69) is 16.9 Å². The smallest absolute Gasteiger partial charge is 0.106 e. The molecule has 1 unspecified atom stereocenters. The van der Waals surface area contributed by atoms with E-state index in [0.717, 1.165) is 28.8 Å². The molecule has 0 spiro atoms. The van der Waals surface area contributed by atoms with Crippen molar-refractivity contribution in [2.24, 2.45) is 5.73 Å². The minimum absolute atomic E-state index is 0.0340. The van der Waals surface area contributed by atoms with E-state index in [9.17, 15) is 0 Å². The number of hydrogen-bond acceptors (Lipinski definition) is 2. The van der Waals surface area contributed by atoms with E-state index in [-0.39, 0.29) is 6.04 Å². The molecular weight excluding hydrogens is 174 g/mol. The predicted octanol–water partition coefficient (Wildman–Crippen LogP) is 2.15. The maximum Gasteiger partial charge on any atom is 0.106 e. The molecule has 3 nitrogen and oxygen atoms in total. The summed E-state index contributed by atoms with van der Waals surface area (Å²) < 4.78 is 0. The van der Waals surface area contributed by atoms with Crippen LogP contribution in [0, 0.1) is 0 Å². The molecule has 2 rings (SSSR count). The lowest BCUT2D eigenvalue weighted by Gasteiger charge is -2.04. The highest BCUT2D eigenvalue weighted by Gasteiger charge is 2.08. The maximum absolute atomic E-state index is 5.88. The highest BCUT2D eigenvalue weighted by atomic mass is 14.9. The number of rotatable bonds is 2. The van der Waals surface area contributed by atoms with Gasteiger partial charge in [-0.15, -0.1) is 0 Å². The summed E-state index contributed by atoms with van der Waals surface area (Å²) in [4.78, 5) is 7.79. The minimum Gasteiger partial charge on any atom is -0.342 e. The lowest BCUT2D eigenvalue weighted by atomic mass is 10.1. The lowest BCUT2D eigenvalue weighted by molar-refractivity contribution is 0.824. The first-order chi connectivity index (χ1) is 6.72. The molecule has 3 heteroatoms. The van der Waals surface area contributed by atoms with Gasteiger partial charge in [0.05, 0.1) is 11.0 Å². The van der Waals surface area contributed by atoms with Gasteiger partial charge in [0.25, 0.3) is 0 Å².